The van der Waals surface area contributed by atoms with Crippen LogP contribution in [0.1, 0.15) is 33.1 Å². The van der Waals surface area contributed by atoms with Gasteiger partial charge in [0, 0.05) is 14.1 Å². The van der Waals surface area contributed by atoms with E-state index in [1.807, 2.05) is 6.92 Å². The summed E-state index contributed by atoms with van der Waals surface area (Å²) < 4.78 is 0. The van der Waals surface area contributed by atoms with Crippen LogP contribution in [0.15, 0.2) is 0 Å². The van der Waals surface area contributed by atoms with Gasteiger partial charge in [-0.3, -0.25) is 4.79 Å². The number of likely N-dealkylation sites (N-methyl/N-ethyl adjacent to an activating group) is 1. The quantitative estimate of drug-likeness (QED) is 0.625. The van der Waals surface area contributed by atoms with Crippen LogP contribution in [0, 0.1) is 0 Å². The highest BCUT2D eigenvalue weighted by Gasteiger charge is 2.22. The van der Waals surface area contributed by atoms with Gasteiger partial charge >= 0.3 is 12.0 Å². The van der Waals surface area contributed by atoms with Crippen LogP contribution in [0.2, 0.25) is 0 Å². The summed E-state index contributed by atoms with van der Waals surface area (Å²) in [5.41, 5.74) is 0. The Bertz CT molecular complexity index is 331. The first-order valence-corrected chi connectivity index (χ1v) is 6.30. The molecule has 110 valence electrons. The van der Waals surface area contributed by atoms with E-state index in [1.165, 1.54) is 4.90 Å². The third-order valence-corrected chi connectivity index (χ3v) is 2.61. The van der Waals surface area contributed by atoms with Crippen molar-refractivity contribution in [2.45, 2.75) is 45.2 Å². The molecule has 7 heteroatoms. The Labute approximate surface area is 113 Å². The van der Waals surface area contributed by atoms with Crippen molar-refractivity contribution in [1.82, 2.24) is 15.5 Å². The van der Waals surface area contributed by atoms with Crippen LogP contribution in [-0.4, -0.2) is 54.1 Å². The molecule has 0 rings (SSSR count). The average Bonchev–Trinajstić information content (AvgIpc) is 2.32. The van der Waals surface area contributed by atoms with Crippen molar-refractivity contribution < 1.29 is 19.5 Å². The second-order valence-electron chi connectivity index (χ2n) is 4.61. The number of carbonyl (C=O) groups is 3. The molecule has 0 aliphatic heterocycles. The first-order valence-electron chi connectivity index (χ1n) is 6.30. The predicted octanol–water partition coefficient (Wildman–Crippen LogP) is 0.406. The highest BCUT2D eigenvalue weighted by atomic mass is 16.4. The molecule has 3 N–H and O–H groups in total. The highest BCUT2D eigenvalue weighted by molar-refractivity contribution is 5.88. The van der Waals surface area contributed by atoms with E-state index in [0.29, 0.717) is 12.8 Å². The molecule has 7 nitrogen and oxygen atoms in total. The van der Waals surface area contributed by atoms with Crippen molar-refractivity contribution in [3.05, 3.63) is 0 Å². The largest absolute Gasteiger partial charge is 0.480 e. The van der Waals surface area contributed by atoms with Crippen molar-refractivity contribution in [2.24, 2.45) is 0 Å². The van der Waals surface area contributed by atoms with Crippen LogP contribution >= 0.6 is 0 Å². The van der Waals surface area contributed by atoms with Gasteiger partial charge in [0.15, 0.2) is 0 Å². The summed E-state index contributed by atoms with van der Waals surface area (Å²) in [6.07, 6.45) is 1.93. The zero-order valence-corrected chi connectivity index (χ0v) is 11.9. The summed E-state index contributed by atoms with van der Waals surface area (Å²) in [6, 6.07) is -2.27. The Morgan fingerprint density at radius 2 is 1.79 bits per heavy atom. The number of hydrogen-bond donors (Lipinski definition) is 3. The van der Waals surface area contributed by atoms with Crippen molar-refractivity contribution in [3.8, 4) is 0 Å². The Hall–Kier alpha value is -1.79. The minimum Gasteiger partial charge on any atom is -0.480 e. The minimum atomic E-state index is -1.07. The number of carboxylic acid groups (broad SMARTS) is 1. The van der Waals surface area contributed by atoms with Gasteiger partial charge in [-0.1, -0.05) is 19.8 Å². The summed E-state index contributed by atoms with van der Waals surface area (Å²) in [6.45, 7) is 3.49. The lowest BCUT2D eigenvalue weighted by molar-refractivity contribution is -0.139. The molecule has 0 saturated heterocycles. The summed E-state index contributed by atoms with van der Waals surface area (Å²) >= 11 is 0. The second kappa shape index (κ2) is 8.34. The molecule has 0 aromatic carbocycles. The number of amides is 3. The van der Waals surface area contributed by atoms with Crippen molar-refractivity contribution in [3.63, 3.8) is 0 Å². The molecule has 0 heterocycles. The first-order chi connectivity index (χ1) is 8.79. The normalized spacial score (nSPS) is 13.3. The molecule has 0 spiro atoms. The monoisotopic (exact) mass is 273 g/mol. The molecule has 0 aromatic rings. The van der Waals surface area contributed by atoms with Gasteiger partial charge in [-0.15, -0.1) is 0 Å². The standard InChI is InChI=1S/C12H23N3O4/c1-5-6-7-9(11(17)18)14-12(19)13-8(2)10(16)15(3)4/h8-9H,5-7H2,1-4H3,(H,17,18)(H2,13,14,19)/t8?,9-/m0/s1. The third-order valence-electron chi connectivity index (χ3n) is 2.61. The number of nitrogens with one attached hydrogen (secondary N) is 2. The lowest BCUT2D eigenvalue weighted by Crippen LogP contribution is -2.52. The lowest BCUT2D eigenvalue weighted by atomic mass is 10.1. The molecule has 0 aliphatic carbocycles. The fourth-order valence-corrected chi connectivity index (χ4v) is 1.51. The maximum absolute atomic E-state index is 11.6. The number of urea groups is 1. The molecule has 0 fully saturated rings. The van der Waals surface area contributed by atoms with Crippen molar-refractivity contribution in [1.29, 1.82) is 0 Å². The van der Waals surface area contributed by atoms with E-state index in [0.717, 1.165) is 6.42 Å². The van der Waals surface area contributed by atoms with Gasteiger partial charge in [0.05, 0.1) is 0 Å². The van der Waals surface area contributed by atoms with Crippen molar-refractivity contribution >= 4 is 17.9 Å². The van der Waals surface area contributed by atoms with Gasteiger partial charge in [0.25, 0.3) is 0 Å². The number of carbonyl (C=O) groups excluding carboxylic acids is 2. The zero-order chi connectivity index (χ0) is 15.0. The number of hydrogen-bond acceptors (Lipinski definition) is 3. The van der Waals surface area contributed by atoms with Gasteiger partial charge in [-0.05, 0) is 13.3 Å². The van der Waals surface area contributed by atoms with E-state index in [1.54, 1.807) is 21.0 Å². The van der Waals surface area contributed by atoms with Crippen molar-refractivity contribution in [2.75, 3.05) is 14.1 Å². The molecule has 0 radical (unpaired) electrons. The molecule has 0 aliphatic rings. The number of rotatable bonds is 7. The number of carboxylic acids is 1. The topological polar surface area (TPSA) is 98.7 Å². The van der Waals surface area contributed by atoms with E-state index >= 15 is 0 Å². The average molecular weight is 273 g/mol. The predicted molar refractivity (Wildman–Crippen MR) is 70.8 cm³/mol. The third kappa shape index (κ3) is 6.64. The Morgan fingerprint density at radius 1 is 1.21 bits per heavy atom. The molecular formula is C12H23N3O4. The maximum atomic E-state index is 11.6. The second-order valence-corrected chi connectivity index (χ2v) is 4.61. The fourth-order valence-electron chi connectivity index (χ4n) is 1.51. The first kappa shape index (κ1) is 17.2. The fraction of sp³-hybridized carbons (Fsp3) is 0.750. The summed E-state index contributed by atoms with van der Waals surface area (Å²) in [5.74, 6) is -1.33. The van der Waals surface area contributed by atoms with Gasteiger partial charge in [-0.25, -0.2) is 9.59 Å². The van der Waals surface area contributed by atoms with Crippen LogP contribution in [0.25, 0.3) is 0 Å². The van der Waals surface area contributed by atoms with Crippen LogP contribution in [0.5, 0.6) is 0 Å². The van der Waals surface area contributed by atoms with Gasteiger partial charge in [0.1, 0.15) is 12.1 Å². The molecule has 0 saturated carbocycles. The van der Waals surface area contributed by atoms with E-state index in [2.05, 4.69) is 10.6 Å². The molecule has 1 unspecified atom stereocenters. The SMILES string of the molecule is CCCC[C@H](NC(=O)NC(C)C(=O)N(C)C)C(=O)O. The van der Waals surface area contributed by atoms with Gasteiger partial charge in [-0.2, -0.15) is 0 Å². The zero-order valence-electron chi connectivity index (χ0n) is 11.9. The van der Waals surface area contributed by atoms with E-state index in [9.17, 15) is 14.4 Å². The van der Waals surface area contributed by atoms with E-state index < -0.39 is 24.1 Å². The Kier molecular flexibility index (Phi) is 7.55. The highest BCUT2D eigenvalue weighted by Crippen LogP contribution is 2.01. The van der Waals surface area contributed by atoms with Gasteiger partial charge < -0.3 is 20.6 Å². The van der Waals surface area contributed by atoms with Crippen LogP contribution in [0.4, 0.5) is 4.79 Å². The van der Waals surface area contributed by atoms with E-state index in [-0.39, 0.29) is 5.91 Å². The van der Waals surface area contributed by atoms with Crippen LogP contribution in [-0.2, 0) is 9.59 Å². The number of nitrogens with zero attached hydrogens (tertiary/aromatic N) is 1. The van der Waals surface area contributed by atoms with Gasteiger partial charge in [0.2, 0.25) is 5.91 Å². The summed E-state index contributed by atoms with van der Waals surface area (Å²) in [7, 11) is 3.17. The summed E-state index contributed by atoms with van der Waals surface area (Å²) in [5, 5.41) is 13.7. The van der Waals surface area contributed by atoms with E-state index in [4.69, 9.17) is 5.11 Å². The number of unbranched alkanes of at least 4 members (excludes halogenated alkanes) is 1. The molecule has 19 heavy (non-hydrogen) atoms. The minimum absolute atomic E-state index is 0.254. The lowest BCUT2D eigenvalue weighted by Gasteiger charge is -2.20. The van der Waals surface area contributed by atoms with Crippen LogP contribution in [0.3, 0.4) is 0 Å². The maximum Gasteiger partial charge on any atom is 0.326 e. The molecule has 0 aromatic heterocycles. The van der Waals surface area contributed by atoms with Crippen LogP contribution < -0.4 is 10.6 Å². The molecule has 0 bridgehead atoms. The molecule has 3 amide bonds. The number of aliphatic carboxylic acids is 1. The molecular weight excluding hydrogens is 250 g/mol. The Balaban J connectivity index is 4.33. The Morgan fingerprint density at radius 3 is 2.21 bits per heavy atom. The molecule has 2 atom stereocenters. The summed E-state index contributed by atoms with van der Waals surface area (Å²) in [4.78, 5) is 35.4. The smallest absolute Gasteiger partial charge is 0.326 e.